The maximum Gasteiger partial charge on any atom is 0.321 e. The zero-order valence-corrected chi connectivity index (χ0v) is 11.3. The van der Waals surface area contributed by atoms with E-state index in [0.29, 0.717) is 30.4 Å². The van der Waals surface area contributed by atoms with Crippen LogP contribution in [0.15, 0.2) is 59.1 Å². The van der Waals surface area contributed by atoms with Gasteiger partial charge in [0.25, 0.3) is 0 Å². The number of nitrogens with zero attached hydrogens (tertiary/aromatic N) is 2. The molecule has 4 nitrogen and oxygen atoms in total. The first-order chi connectivity index (χ1) is 10.3. The van der Waals surface area contributed by atoms with Gasteiger partial charge in [0.1, 0.15) is 5.82 Å². The van der Waals surface area contributed by atoms with E-state index in [2.05, 4.69) is 15.5 Å². The normalized spacial score (nSPS) is 10.5. The van der Waals surface area contributed by atoms with E-state index in [1.165, 1.54) is 6.07 Å². The maximum absolute atomic E-state index is 13.5. The van der Waals surface area contributed by atoms with Gasteiger partial charge in [0, 0.05) is 12.1 Å². The summed E-state index contributed by atoms with van der Waals surface area (Å²) in [4.78, 5) is 4.25. The molecule has 0 saturated heterocycles. The summed E-state index contributed by atoms with van der Waals surface area (Å²) in [6.45, 7) is 0.525. The van der Waals surface area contributed by atoms with Gasteiger partial charge in [-0.2, -0.15) is 4.98 Å². The smallest absolute Gasteiger partial charge is 0.321 e. The molecule has 0 bridgehead atoms. The molecule has 1 N–H and O–H groups in total. The van der Waals surface area contributed by atoms with Gasteiger partial charge >= 0.3 is 6.01 Å². The molecule has 0 amide bonds. The number of anilines is 1. The number of benzene rings is 2. The van der Waals surface area contributed by atoms with E-state index < -0.39 is 0 Å². The molecule has 0 atom stereocenters. The number of hydrogen-bond donors (Lipinski definition) is 1. The van der Waals surface area contributed by atoms with Crippen LogP contribution in [0.25, 0.3) is 11.4 Å². The minimum Gasteiger partial charge on any atom is -0.337 e. The molecule has 1 heterocycles. The van der Waals surface area contributed by atoms with Gasteiger partial charge in [-0.15, -0.1) is 0 Å². The topological polar surface area (TPSA) is 51.0 Å². The van der Waals surface area contributed by atoms with Crippen molar-refractivity contribution in [1.82, 2.24) is 10.1 Å². The SMILES string of the molecule is Fc1ccccc1CCNc1nc(-c2ccccc2)no1. The molecule has 0 aliphatic rings. The van der Waals surface area contributed by atoms with Crippen LogP contribution in [0, 0.1) is 5.82 Å². The van der Waals surface area contributed by atoms with E-state index in [-0.39, 0.29) is 5.82 Å². The van der Waals surface area contributed by atoms with Crippen LogP contribution in [-0.2, 0) is 6.42 Å². The summed E-state index contributed by atoms with van der Waals surface area (Å²) >= 11 is 0. The molecular weight excluding hydrogens is 269 g/mol. The summed E-state index contributed by atoms with van der Waals surface area (Å²) in [6.07, 6.45) is 0.551. The fourth-order valence-electron chi connectivity index (χ4n) is 2.01. The summed E-state index contributed by atoms with van der Waals surface area (Å²) < 4.78 is 18.6. The number of hydrogen-bond acceptors (Lipinski definition) is 4. The first-order valence-electron chi connectivity index (χ1n) is 6.69. The zero-order chi connectivity index (χ0) is 14.5. The third kappa shape index (κ3) is 3.25. The Morgan fingerprint density at radius 3 is 2.57 bits per heavy atom. The van der Waals surface area contributed by atoms with Crippen LogP contribution in [-0.4, -0.2) is 16.7 Å². The van der Waals surface area contributed by atoms with Crippen molar-refractivity contribution >= 4 is 6.01 Å². The average Bonchev–Trinajstić information content (AvgIpc) is 2.99. The summed E-state index contributed by atoms with van der Waals surface area (Å²) in [5.74, 6) is 0.332. The predicted molar refractivity (Wildman–Crippen MR) is 78.3 cm³/mol. The van der Waals surface area contributed by atoms with Crippen molar-refractivity contribution in [3.63, 3.8) is 0 Å². The first-order valence-corrected chi connectivity index (χ1v) is 6.69. The van der Waals surface area contributed by atoms with Crippen molar-refractivity contribution in [3.8, 4) is 11.4 Å². The Labute approximate surface area is 121 Å². The van der Waals surface area contributed by atoms with Gasteiger partial charge in [-0.05, 0) is 18.1 Å². The van der Waals surface area contributed by atoms with E-state index in [1.807, 2.05) is 36.4 Å². The van der Waals surface area contributed by atoms with Gasteiger partial charge in [0.05, 0.1) is 0 Å². The Morgan fingerprint density at radius 2 is 1.76 bits per heavy atom. The number of halogens is 1. The molecule has 0 fully saturated rings. The highest BCUT2D eigenvalue weighted by Crippen LogP contribution is 2.16. The molecule has 0 aliphatic carbocycles. The van der Waals surface area contributed by atoms with Crippen LogP contribution >= 0.6 is 0 Å². The minimum absolute atomic E-state index is 0.199. The quantitative estimate of drug-likeness (QED) is 0.778. The van der Waals surface area contributed by atoms with Crippen LogP contribution in [0.1, 0.15) is 5.56 Å². The molecule has 1 aromatic heterocycles. The number of aromatic nitrogens is 2. The lowest BCUT2D eigenvalue weighted by Crippen LogP contribution is -2.06. The second kappa shape index (κ2) is 6.17. The van der Waals surface area contributed by atoms with Crippen molar-refractivity contribution < 1.29 is 8.91 Å². The second-order valence-electron chi connectivity index (χ2n) is 4.56. The highest BCUT2D eigenvalue weighted by Gasteiger charge is 2.07. The zero-order valence-electron chi connectivity index (χ0n) is 11.3. The van der Waals surface area contributed by atoms with E-state index in [4.69, 9.17) is 4.52 Å². The molecule has 106 valence electrons. The van der Waals surface area contributed by atoms with Crippen molar-refractivity contribution in [3.05, 3.63) is 66.0 Å². The third-order valence-electron chi connectivity index (χ3n) is 3.09. The molecule has 0 spiro atoms. The van der Waals surface area contributed by atoms with Gasteiger partial charge < -0.3 is 9.84 Å². The van der Waals surface area contributed by atoms with Crippen molar-refractivity contribution in [2.45, 2.75) is 6.42 Å². The Bertz CT molecular complexity index is 712. The van der Waals surface area contributed by atoms with Crippen LogP contribution in [0.4, 0.5) is 10.4 Å². The Hall–Kier alpha value is -2.69. The Balaban J connectivity index is 1.60. The summed E-state index contributed by atoms with van der Waals surface area (Å²) in [7, 11) is 0. The summed E-state index contributed by atoms with van der Waals surface area (Å²) in [5, 5.41) is 6.91. The van der Waals surface area contributed by atoms with Crippen molar-refractivity contribution in [2.24, 2.45) is 0 Å². The largest absolute Gasteiger partial charge is 0.337 e. The van der Waals surface area contributed by atoms with E-state index in [0.717, 1.165) is 5.56 Å². The molecule has 3 rings (SSSR count). The molecule has 0 saturated carbocycles. The molecule has 0 aliphatic heterocycles. The second-order valence-corrected chi connectivity index (χ2v) is 4.56. The van der Waals surface area contributed by atoms with E-state index >= 15 is 0 Å². The molecule has 3 aromatic rings. The van der Waals surface area contributed by atoms with Gasteiger partial charge in [-0.3, -0.25) is 0 Å². The van der Waals surface area contributed by atoms with Gasteiger partial charge in [0.15, 0.2) is 0 Å². The molecular formula is C16H14FN3O. The average molecular weight is 283 g/mol. The maximum atomic E-state index is 13.5. The lowest BCUT2D eigenvalue weighted by atomic mass is 10.1. The lowest BCUT2D eigenvalue weighted by Gasteiger charge is -2.02. The lowest BCUT2D eigenvalue weighted by molar-refractivity contribution is 0.432. The molecule has 21 heavy (non-hydrogen) atoms. The fraction of sp³-hybridized carbons (Fsp3) is 0.125. The van der Waals surface area contributed by atoms with Gasteiger partial charge in [-0.1, -0.05) is 53.7 Å². The van der Waals surface area contributed by atoms with Crippen molar-refractivity contribution in [1.29, 1.82) is 0 Å². The standard InChI is InChI=1S/C16H14FN3O/c17-14-9-5-4-6-12(14)10-11-18-16-19-15(20-21-16)13-7-2-1-3-8-13/h1-9H,10-11H2,(H,18,19,20). The van der Waals surface area contributed by atoms with Gasteiger partial charge in [-0.25, -0.2) is 4.39 Å². The summed E-state index contributed by atoms with van der Waals surface area (Å²) in [5.41, 5.74) is 1.55. The van der Waals surface area contributed by atoms with E-state index in [9.17, 15) is 4.39 Å². The molecule has 0 radical (unpaired) electrons. The third-order valence-corrected chi connectivity index (χ3v) is 3.09. The molecule has 0 unspecified atom stereocenters. The summed E-state index contributed by atoms with van der Waals surface area (Å²) in [6, 6.07) is 16.6. The number of nitrogens with one attached hydrogen (secondary N) is 1. The van der Waals surface area contributed by atoms with Gasteiger partial charge in [0.2, 0.25) is 5.82 Å². The van der Waals surface area contributed by atoms with E-state index in [1.54, 1.807) is 12.1 Å². The monoisotopic (exact) mass is 283 g/mol. The van der Waals surface area contributed by atoms with Crippen LogP contribution < -0.4 is 5.32 Å². The van der Waals surface area contributed by atoms with Crippen molar-refractivity contribution in [2.75, 3.05) is 11.9 Å². The fourth-order valence-corrected chi connectivity index (χ4v) is 2.01. The first kappa shape index (κ1) is 13.3. The number of rotatable bonds is 5. The minimum atomic E-state index is -0.199. The van der Waals surface area contributed by atoms with Crippen LogP contribution in [0.3, 0.4) is 0 Å². The van der Waals surface area contributed by atoms with Crippen LogP contribution in [0.2, 0.25) is 0 Å². The highest BCUT2D eigenvalue weighted by atomic mass is 19.1. The Kier molecular flexibility index (Phi) is 3.91. The molecule has 2 aromatic carbocycles. The predicted octanol–water partition coefficient (Wildman–Crippen LogP) is 3.53. The molecule has 5 heteroatoms. The van der Waals surface area contributed by atoms with Crippen LogP contribution in [0.5, 0.6) is 0 Å². The Morgan fingerprint density at radius 1 is 1.00 bits per heavy atom. The highest BCUT2D eigenvalue weighted by molar-refractivity contribution is 5.54.